The highest BCUT2D eigenvalue weighted by Gasteiger charge is 2.18. The molecule has 0 saturated carbocycles. The predicted molar refractivity (Wildman–Crippen MR) is 121 cm³/mol. The smallest absolute Gasteiger partial charge is 0.234 e. The van der Waals surface area contributed by atoms with E-state index in [4.69, 9.17) is 4.74 Å². The number of benzene rings is 2. The van der Waals surface area contributed by atoms with Crippen molar-refractivity contribution in [3.63, 3.8) is 0 Å². The Labute approximate surface area is 192 Å². The van der Waals surface area contributed by atoms with E-state index < -0.39 is 17.5 Å². The molecule has 2 heterocycles. The zero-order chi connectivity index (χ0) is 23.2. The van der Waals surface area contributed by atoms with Gasteiger partial charge in [0.2, 0.25) is 5.91 Å². The number of halogens is 2. The number of nitrogens with one attached hydrogen (secondary N) is 1. The van der Waals surface area contributed by atoms with Gasteiger partial charge in [-0.3, -0.25) is 14.3 Å². The topological polar surface area (TPSA) is 81.9 Å². The molecular formula is C23H19F2N5O2S. The van der Waals surface area contributed by atoms with Crippen molar-refractivity contribution in [1.82, 2.24) is 19.7 Å². The molecule has 168 valence electrons. The first-order chi connectivity index (χ1) is 16.0. The van der Waals surface area contributed by atoms with Gasteiger partial charge in [0, 0.05) is 35.4 Å². The molecule has 0 aliphatic heterocycles. The minimum Gasteiger partial charge on any atom is -0.494 e. The van der Waals surface area contributed by atoms with E-state index in [0.29, 0.717) is 17.6 Å². The van der Waals surface area contributed by atoms with E-state index in [9.17, 15) is 13.6 Å². The summed E-state index contributed by atoms with van der Waals surface area (Å²) in [5.41, 5.74) is 1.57. The molecule has 0 radical (unpaired) electrons. The monoisotopic (exact) mass is 467 g/mol. The van der Waals surface area contributed by atoms with Crippen molar-refractivity contribution >= 4 is 23.4 Å². The molecular weight excluding hydrogens is 448 g/mol. The van der Waals surface area contributed by atoms with E-state index in [2.05, 4.69) is 20.5 Å². The Morgan fingerprint density at radius 2 is 1.85 bits per heavy atom. The van der Waals surface area contributed by atoms with E-state index in [1.807, 2.05) is 41.8 Å². The van der Waals surface area contributed by atoms with Gasteiger partial charge in [-0.05, 0) is 55.5 Å². The fourth-order valence-corrected chi connectivity index (χ4v) is 3.84. The highest BCUT2D eigenvalue weighted by atomic mass is 32.2. The number of amides is 1. The number of hydrogen-bond donors (Lipinski definition) is 1. The average molecular weight is 468 g/mol. The molecule has 2 aromatic carbocycles. The van der Waals surface area contributed by atoms with Gasteiger partial charge < -0.3 is 10.1 Å². The molecule has 0 bridgehead atoms. The minimum absolute atomic E-state index is 0.0413. The first-order valence-corrected chi connectivity index (χ1v) is 11.0. The lowest BCUT2D eigenvalue weighted by Gasteiger charge is -2.11. The van der Waals surface area contributed by atoms with Crippen molar-refractivity contribution in [2.24, 2.45) is 0 Å². The van der Waals surface area contributed by atoms with Crippen molar-refractivity contribution in [2.75, 3.05) is 17.7 Å². The normalized spacial score (nSPS) is 10.8. The maximum absolute atomic E-state index is 13.4. The van der Waals surface area contributed by atoms with Crippen molar-refractivity contribution in [3.8, 4) is 22.8 Å². The van der Waals surface area contributed by atoms with Crippen LogP contribution in [0.4, 0.5) is 14.5 Å². The molecule has 10 heteroatoms. The number of ether oxygens (including phenoxy) is 1. The van der Waals surface area contributed by atoms with Crippen LogP contribution in [0.2, 0.25) is 0 Å². The third-order valence-electron chi connectivity index (χ3n) is 4.44. The van der Waals surface area contributed by atoms with Gasteiger partial charge >= 0.3 is 0 Å². The molecule has 0 aliphatic rings. The Morgan fingerprint density at radius 1 is 1.09 bits per heavy atom. The Kier molecular flexibility index (Phi) is 6.94. The predicted octanol–water partition coefficient (Wildman–Crippen LogP) is 4.74. The number of pyridine rings is 1. The number of hydrogen-bond acceptors (Lipinski definition) is 6. The second kappa shape index (κ2) is 10.2. The number of anilines is 1. The van der Waals surface area contributed by atoms with Crippen molar-refractivity contribution in [2.45, 2.75) is 12.1 Å². The fourth-order valence-electron chi connectivity index (χ4n) is 3.09. The fraction of sp³-hybridized carbons (Fsp3) is 0.130. The molecule has 0 unspecified atom stereocenters. The number of carbonyl (C=O) groups is 1. The summed E-state index contributed by atoms with van der Waals surface area (Å²) in [4.78, 5) is 16.5. The third kappa shape index (κ3) is 5.53. The SMILES string of the molecule is CCOc1ccc(-n2c(SCC(=O)Nc3cc(F)cc(F)c3)nnc2-c2cccnc2)cc1. The summed E-state index contributed by atoms with van der Waals surface area (Å²) in [7, 11) is 0. The van der Waals surface area contributed by atoms with E-state index in [-0.39, 0.29) is 11.4 Å². The molecule has 4 rings (SSSR count). The maximum Gasteiger partial charge on any atom is 0.234 e. The Hall–Kier alpha value is -3.79. The summed E-state index contributed by atoms with van der Waals surface area (Å²) < 4.78 is 34.1. The van der Waals surface area contributed by atoms with Gasteiger partial charge in [0.25, 0.3) is 0 Å². The lowest BCUT2D eigenvalue weighted by Crippen LogP contribution is -2.15. The van der Waals surface area contributed by atoms with Gasteiger partial charge in [0.1, 0.15) is 17.4 Å². The van der Waals surface area contributed by atoms with Crippen LogP contribution in [0.25, 0.3) is 17.1 Å². The summed E-state index contributed by atoms with van der Waals surface area (Å²) in [6.45, 7) is 2.46. The van der Waals surface area contributed by atoms with Gasteiger partial charge in [-0.1, -0.05) is 11.8 Å². The van der Waals surface area contributed by atoms with E-state index in [0.717, 1.165) is 47.0 Å². The molecule has 1 amide bonds. The standard InChI is InChI=1S/C23H19F2N5O2S/c1-2-32-20-7-5-19(6-8-20)30-22(15-4-3-9-26-13-15)28-29-23(30)33-14-21(31)27-18-11-16(24)10-17(25)12-18/h3-13H,2,14H2,1H3,(H,27,31). The van der Waals surface area contributed by atoms with Crippen LogP contribution in [0, 0.1) is 11.6 Å². The van der Waals surface area contributed by atoms with E-state index >= 15 is 0 Å². The van der Waals surface area contributed by atoms with Crippen molar-refractivity contribution in [1.29, 1.82) is 0 Å². The molecule has 4 aromatic rings. The van der Waals surface area contributed by atoms with Crippen LogP contribution >= 0.6 is 11.8 Å². The summed E-state index contributed by atoms with van der Waals surface area (Å²) in [5.74, 6) is -0.728. The largest absolute Gasteiger partial charge is 0.494 e. The summed E-state index contributed by atoms with van der Waals surface area (Å²) >= 11 is 1.15. The first-order valence-electron chi connectivity index (χ1n) is 10.0. The Balaban J connectivity index is 1.58. The van der Waals surface area contributed by atoms with Gasteiger partial charge in [-0.25, -0.2) is 8.78 Å². The summed E-state index contributed by atoms with van der Waals surface area (Å²) in [6.07, 6.45) is 3.34. The minimum atomic E-state index is -0.769. The third-order valence-corrected chi connectivity index (χ3v) is 5.37. The quantitative estimate of drug-likeness (QED) is 0.377. The summed E-state index contributed by atoms with van der Waals surface area (Å²) in [5, 5.41) is 11.5. The average Bonchev–Trinajstić information content (AvgIpc) is 3.22. The van der Waals surface area contributed by atoms with Crippen molar-refractivity contribution in [3.05, 3.63) is 78.6 Å². The Bertz CT molecular complexity index is 1230. The van der Waals surface area contributed by atoms with Crippen molar-refractivity contribution < 1.29 is 18.3 Å². The van der Waals surface area contributed by atoms with Gasteiger partial charge in [0.05, 0.1) is 12.4 Å². The lowest BCUT2D eigenvalue weighted by molar-refractivity contribution is -0.113. The zero-order valence-electron chi connectivity index (χ0n) is 17.5. The number of thioether (sulfide) groups is 1. The summed E-state index contributed by atoms with van der Waals surface area (Å²) in [6, 6.07) is 13.9. The molecule has 0 saturated heterocycles. The highest BCUT2D eigenvalue weighted by Crippen LogP contribution is 2.28. The molecule has 7 nitrogen and oxygen atoms in total. The first kappa shape index (κ1) is 22.4. The highest BCUT2D eigenvalue weighted by molar-refractivity contribution is 7.99. The van der Waals surface area contributed by atoms with Crippen LogP contribution < -0.4 is 10.1 Å². The van der Waals surface area contributed by atoms with Gasteiger partial charge in [0.15, 0.2) is 11.0 Å². The van der Waals surface area contributed by atoms with Crippen LogP contribution in [-0.4, -0.2) is 38.0 Å². The number of rotatable bonds is 8. The number of nitrogens with zero attached hydrogens (tertiary/aromatic N) is 4. The molecule has 1 N–H and O–H groups in total. The van der Waals surface area contributed by atoms with E-state index in [1.54, 1.807) is 18.5 Å². The number of carbonyl (C=O) groups excluding carboxylic acids is 1. The molecule has 0 spiro atoms. The van der Waals surface area contributed by atoms with E-state index in [1.165, 1.54) is 0 Å². The van der Waals surface area contributed by atoms with Crippen LogP contribution in [-0.2, 0) is 4.79 Å². The van der Waals surface area contributed by atoms with Crippen LogP contribution in [0.5, 0.6) is 5.75 Å². The van der Waals surface area contributed by atoms with Gasteiger partial charge in [-0.2, -0.15) is 0 Å². The van der Waals surface area contributed by atoms with Crippen LogP contribution in [0.3, 0.4) is 0 Å². The second-order valence-corrected chi connectivity index (χ2v) is 7.75. The number of aromatic nitrogens is 4. The molecule has 33 heavy (non-hydrogen) atoms. The molecule has 2 aromatic heterocycles. The van der Waals surface area contributed by atoms with Crippen LogP contribution in [0.1, 0.15) is 6.92 Å². The Morgan fingerprint density at radius 3 is 2.52 bits per heavy atom. The molecule has 0 atom stereocenters. The molecule has 0 fully saturated rings. The zero-order valence-corrected chi connectivity index (χ0v) is 18.4. The van der Waals surface area contributed by atoms with Crippen LogP contribution in [0.15, 0.2) is 72.1 Å². The molecule has 0 aliphatic carbocycles. The maximum atomic E-state index is 13.4. The van der Waals surface area contributed by atoms with Gasteiger partial charge in [-0.15, -0.1) is 10.2 Å². The lowest BCUT2D eigenvalue weighted by atomic mass is 10.2. The second-order valence-electron chi connectivity index (χ2n) is 6.81.